The molecule has 0 aliphatic carbocycles. The lowest BCUT2D eigenvalue weighted by molar-refractivity contribution is -0.113. The van der Waals surface area contributed by atoms with E-state index >= 15 is 0 Å². The number of thioether (sulfide) groups is 1. The van der Waals surface area contributed by atoms with E-state index in [0.29, 0.717) is 20.9 Å². The molecule has 1 fully saturated rings. The Kier molecular flexibility index (Phi) is 7.05. The van der Waals surface area contributed by atoms with Gasteiger partial charge < -0.3 is 4.74 Å². The number of thiocarbonyl (C=S) groups is 1. The predicted octanol–water partition coefficient (Wildman–Crippen LogP) is 7.70. The number of carbonyl (C=O) groups is 1. The van der Waals surface area contributed by atoms with E-state index in [9.17, 15) is 4.79 Å². The third-order valence-corrected chi connectivity index (χ3v) is 7.12. The van der Waals surface area contributed by atoms with Gasteiger partial charge in [-0.15, -0.1) is 0 Å². The standard InChI is InChI=1S/C25H19BrClNO2S2/c1-15-3-9-21(16(2)11-15)28-24(29)23(32-25(28)31)13-18-6-10-22(20(26)12-18)30-14-17-4-7-19(27)8-5-17/h3-13H,14H2,1-2H3/b23-13-. The van der Waals surface area contributed by atoms with Crippen molar-refractivity contribution in [3.63, 3.8) is 0 Å². The van der Waals surface area contributed by atoms with Crippen LogP contribution in [0, 0.1) is 13.8 Å². The average molecular weight is 545 g/mol. The number of rotatable bonds is 5. The molecule has 0 N–H and O–H groups in total. The lowest BCUT2D eigenvalue weighted by atomic mass is 10.1. The first-order valence-electron chi connectivity index (χ1n) is 9.84. The van der Waals surface area contributed by atoms with E-state index in [2.05, 4.69) is 22.0 Å². The normalized spacial score (nSPS) is 15.0. The maximum Gasteiger partial charge on any atom is 0.270 e. The fraction of sp³-hybridized carbons (Fsp3) is 0.120. The van der Waals surface area contributed by atoms with Gasteiger partial charge in [0.1, 0.15) is 12.4 Å². The summed E-state index contributed by atoms with van der Waals surface area (Å²) in [7, 11) is 0. The molecule has 0 unspecified atom stereocenters. The van der Waals surface area contributed by atoms with Crippen molar-refractivity contribution in [1.29, 1.82) is 0 Å². The van der Waals surface area contributed by atoms with Crippen molar-refractivity contribution in [2.75, 3.05) is 4.90 Å². The van der Waals surface area contributed by atoms with Gasteiger partial charge >= 0.3 is 0 Å². The summed E-state index contributed by atoms with van der Waals surface area (Å²) in [5.74, 6) is 0.617. The molecule has 0 saturated carbocycles. The van der Waals surface area contributed by atoms with Crippen molar-refractivity contribution >= 4 is 73.5 Å². The molecular weight excluding hydrogens is 526 g/mol. The number of hydrogen-bond donors (Lipinski definition) is 0. The molecule has 0 atom stereocenters. The minimum atomic E-state index is -0.105. The van der Waals surface area contributed by atoms with Gasteiger partial charge in [-0.2, -0.15) is 0 Å². The van der Waals surface area contributed by atoms with E-state index in [1.807, 2.05) is 74.5 Å². The highest BCUT2D eigenvalue weighted by molar-refractivity contribution is 9.10. The molecule has 0 aromatic heterocycles. The zero-order valence-corrected chi connectivity index (χ0v) is 21.4. The summed E-state index contributed by atoms with van der Waals surface area (Å²) in [4.78, 5) is 15.3. The molecule has 3 aromatic rings. The molecular formula is C25H19BrClNO2S2. The molecule has 1 heterocycles. The fourth-order valence-electron chi connectivity index (χ4n) is 3.35. The Labute approximate surface area is 210 Å². The molecule has 0 radical (unpaired) electrons. The van der Waals surface area contributed by atoms with Crippen molar-refractivity contribution in [3.8, 4) is 5.75 Å². The van der Waals surface area contributed by atoms with E-state index < -0.39 is 0 Å². The van der Waals surface area contributed by atoms with Crippen LogP contribution < -0.4 is 9.64 Å². The topological polar surface area (TPSA) is 29.5 Å². The molecule has 32 heavy (non-hydrogen) atoms. The summed E-state index contributed by atoms with van der Waals surface area (Å²) >= 11 is 16.3. The summed E-state index contributed by atoms with van der Waals surface area (Å²) in [5, 5.41) is 0.697. The Morgan fingerprint density at radius 2 is 1.84 bits per heavy atom. The number of benzene rings is 3. The SMILES string of the molecule is Cc1ccc(N2C(=O)/C(=C/c3ccc(OCc4ccc(Cl)cc4)c(Br)c3)SC2=S)c(C)c1. The number of ether oxygens (including phenoxy) is 1. The quantitative estimate of drug-likeness (QED) is 0.243. The monoisotopic (exact) mass is 543 g/mol. The molecule has 3 aromatic carbocycles. The highest BCUT2D eigenvalue weighted by Crippen LogP contribution is 2.38. The summed E-state index contributed by atoms with van der Waals surface area (Å²) in [6.07, 6.45) is 1.86. The number of carbonyl (C=O) groups excluding carboxylic acids is 1. The Morgan fingerprint density at radius 3 is 2.53 bits per heavy atom. The molecule has 0 spiro atoms. The van der Waals surface area contributed by atoms with Crippen LogP contribution in [0.25, 0.3) is 6.08 Å². The van der Waals surface area contributed by atoms with Crippen LogP contribution in [0.4, 0.5) is 5.69 Å². The van der Waals surface area contributed by atoms with Crippen molar-refractivity contribution < 1.29 is 9.53 Å². The molecule has 1 amide bonds. The smallest absolute Gasteiger partial charge is 0.270 e. The molecule has 0 bridgehead atoms. The lowest BCUT2D eigenvalue weighted by Crippen LogP contribution is -2.28. The zero-order chi connectivity index (χ0) is 22.8. The van der Waals surface area contributed by atoms with Gasteiger partial charge in [0.05, 0.1) is 15.1 Å². The number of hydrogen-bond acceptors (Lipinski definition) is 4. The fourth-order valence-corrected chi connectivity index (χ4v) is 5.27. The third-order valence-electron chi connectivity index (χ3n) is 4.95. The first-order valence-corrected chi connectivity index (χ1v) is 12.2. The van der Waals surface area contributed by atoms with Gasteiger partial charge in [0.15, 0.2) is 4.32 Å². The first-order chi connectivity index (χ1) is 15.3. The number of amides is 1. The Bertz CT molecular complexity index is 1240. The van der Waals surface area contributed by atoms with E-state index in [1.165, 1.54) is 11.8 Å². The Balaban J connectivity index is 1.51. The second kappa shape index (κ2) is 9.79. The summed E-state index contributed by atoms with van der Waals surface area (Å²) in [5.41, 5.74) is 4.91. The summed E-state index contributed by atoms with van der Waals surface area (Å²) < 4.78 is 7.26. The molecule has 4 rings (SSSR count). The molecule has 1 saturated heterocycles. The van der Waals surface area contributed by atoms with Gasteiger partial charge in [-0.3, -0.25) is 9.69 Å². The van der Waals surface area contributed by atoms with Gasteiger partial charge in [0.2, 0.25) is 0 Å². The van der Waals surface area contributed by atoms with Crippen LogP contribution in [0.1, 0.15) is 22.3 Å². The molecule has 1 aliphatic rings. The van der Waals surface area contributed by atoms with Crippen molar-refractivity contribution in [3.05, 3.63) is 97.3 Å². The minimum Gasteiger partial charge on any atom is -0.488 e. The molecule has 162 valence electrons. The summed E-state index contributed by atoms with van der Waals surface area (Å²) in [6.45, 7) is 4.45. The van der Waals surface area contributed by atoms with E-state index in [1.54, 1.807) is 4.90 Å². The Hall–Kier alpha value is -2.12. The number of aryl methyl sites for hydroxylation is 2. The van der Waals surface area contributed by atoms with E-state index in [-0.39, 0.29) is 5.91 Å². The van der Waals surface area contributed by atoms with Crippen LogP contribution in [0.15, 0.2) is 70.0 Å². The highest BCUT2D eigenvalue weighted by Gasteiger charge is 2.34. The van der Waals surface area contributed by atoms with Crippen LogP contribution >= 0.6 is 51.5 Å². The lowest BCUT2D eigenvalue weighted by Gasteiger charge is -2.17. The number of halogens is 2. The van der Waals surface area contributed by atoms with Crippen LogP contribution in [0.2, 0.25) is 5.02 Å². The molecule has 7 heteroatoms. The zero-order valence-electron chi connectivity index (χ0n) is 17.4. The van der Waals surface area contributed by atoms with Gasteiger partial charge in [-0.25, -0.2) is 0 Å². The third kappa shape index (κ3) is 5.09. The van der Waals surface area contributed by atoms with Gasteiger partial charge in [-0.05, 0) is 82.9 Å². The number of anilines is 1. The largest absolute Gasteiger partial charge is 0.488 e. The van der Waals surface area contributed by atoms with Crippen LogP contribution in [-0.4, -0.2) is 10.2 Å². The summed E-state index contributed by atoms with van der Waals surface area (Å²) in [6, 6.07) is 19.3. The average Bonchev–Trinajstić information content (AvgIpc) is 3.02. The van der Waals surface area contributed by atoms with Crippen LogP contribution in [0.3, 0.4) is 0 Å². The van der Waals surface area contributed by atoms with Gasteiger partial charge in [0, 0.05) is 5.02 Å². The molecule has 1 aliphatic heterocycles. The second-order valence-electron chi connectivity index (χ2n) is 7.41. The van der Waals surface area contributed by atoms with Crippen LogP contribution in [-0.2, 0) is 11.4 Å². The highest BCUT2D eigenvalue weighted by atomic mass is 79.9. The maximum absolute atomic E-state index is 13.1. The van der Waals surface area contributed by atoms with Crippen LogP contribution in [0.5, 0.6) is 5.75 Å². The van der Waals surface area contributed by atoms with Crippen molar-refractivity contribution in [1.82, 2.24) is 0 Å². The second-order valence-corrected chi connectivity index (χ2v) is 10.4. The minimum absolute atomic E-state index is 0.105. The first kappa shape index (κ1) is 23.1. The van der Waals surface area contributed by atoms with E-state index in [0.717, 1.165) is 38.2 Å². The molecule has 3 nitrogen and oxygen atoms in total. The van der Waals surface area contributed by atoms with Gasteiger partial charge in [-0.1, -0.05) is 71.5 Å². The van der Waals surface area contributed by atoms with E-state index in [4.69, 9.17) is 28.6 Å². The predicted molar refractivity (Wildman–Crippen MR) is 141 cm³/mol. The van der Waals surface area contributed by atoms with Crippen molar-refractivity contribution in [2.45, 2.75) is 20.5 Å². The van der Waals surface area contributed by atoms with Gasteiger partial charge in [0.25, 0.3) is 5.91 Å². The van der Waals surface area contributed by atoms with Crippen molar-refractivity contribution in [2.24, 2.45) is 0 Å². The maximum atomic E-state index is 13.1. The Morgan fingerprint density at radius 1 is 1.09 bits per heavy atom. The number of nitrogens with zero attached hydrogens (tertiary/aromatic N) is 1.